The van der Waals surface area contributed by atoms with E-state index in [2.05, 4.69) is 105 Å². The molecule has 0 aromatic heterocycles. The quantitative estimate of drug-likeness (QED) is 0.201. The summed E-state index contributed by atoms with van der Waals surface area (Å²) in [6.45, 7) is 21.2. The SMILES string of the molecule is CCCCc1c(C)c(OCc2ccccc2)c(C)c(C)c1OCC(C)/C=C(\C)CC/C=C(\C)CCC=C(C)C. The number of allylic oxidation sites excluding steroid dienone is 5. The van der Waals surface area contributed by atoms with Gasteiger partial charge in [0.25, 0.3) is 0 Å². The molecule has 0 aliphatic carbocycles. The van der Waals surface area contributed by atoms with Crippen molar-refractivity contribution < 1.29 is 9.47 Å². The van der Waals surface area contributed by atoms with Crippen molar-refractivity contribution in [1.29, 1.82) is 0 Å². The number of hydrogen-bond donors (Lipinski definition) is 0. The van der Waals surface area contributed by atoms with Gasteiger partial charge in [0.05, 0.1) is 6.61 Å². The zero-order valence-corrected chi connectivity index (χ0v) is 26.4. The van der Waals surface area contributed by atoms with Crippen molar-refractivity contribution in [2.45, 2.75) is 114 Å². The average molecular weight is 531 g/mol. The molecular weight excluding hydrogens is 476 g/mol. The van der Waals surface area contributed by atoms with Gasteiger partial charge < -0.3 is 9.47 Å². The number of benzene rings is 2. The second-order valence-corrected chi connectivity index (χ2v) is 11.6. The van der Waals surface area contributed by atoms with Crippen LogP contribution in [-0.2, 0) is 13.0 Å². The van der Waals surface area contributed by atoms with Crippen LogP contribution < -0.4 is 9.47 Å². The zero-order chi connectivity index (χ0) is 28.8. The molecule has 0 saturated carbocycles. The van der Waals surface area contributed by atoms with Crippen LogP contribution in [0.5, 0.6) is 11.5 Å². The van der Waals surface area contributed by atoms with Gasteiger partial charge in [-0.1, -0.05) is 85.5 Å². The molecule has 214 valence electrons. The van der Waals surface area contributed by atoms with E-state index >= 15 is 0 Å². The molecule has 2 rings (SSSR count). The lowest BCUT2D eigenvalue weighted by atomic mass is 9.94. The molecule has 0 saturated heterocycles. The van der Waals surface area contributed by atoms with Gasteiger partial charge in [-0.25, -0.2) is 0 Å². The Hall–Kier alpha value is -2.74. The fraction of sp³-hybridized carbons (Fsp3) is 0.514. The van der Waals surface area contributed by atoms with Crippen LogP contribution in [0.15, 0.2) is 65.3 Å². The maximum absolute atomic E-state index is 6.60. The van der Waals surface area contributed by atoms with E-state index in [9.17, 15) is 0 Å². The van der Waals surface area contributed by atoms with Gasteiger partial charge in [0.1, 0.15) is 18.1 Å². The van der Waals surface area contributed by atoms with Crippen LogP contribution in [0, 0.1) is 26.7 Å². The van der Waals surface area contributed by atoms with Crippen LogP contribution in [0.25, 0.3) is 0 Å². The molecular formula is C37H54O2. The standard InChI is InChI=1S/C37H54O2/c1-10-11-23-35-33(9)36(39-26-34-21-13-12-14-22-34)31(7)32(8)37(35)38-25-30(6)24-29(5)20-16-19-28(4)18-15-17-27(2)3/h12-14,17,19,21-22,24,30H,10-11,15-16,18,20,23,25-26H2,1-9H3/b28-19+,29-24+. The van der Waals surface area contributed by atoms with Gasteiger partial charge in [-0.05, 0) is 109 Å². The van der Waals surface area contributed by atoms with Gasteiger partial charge in [0.2, 0.25) is 0 Å². The van der Waals surface area contributed by atoms with Crippen molar-refractivity contribution in [1.82, 2.24) is 0 Å². The summed E-state index contributed by atoms with van der Waals surface area (Å²) in [4.78, 5) is 0. The van der Waals surface area contributed by atoms with Gasteiger partial charge in [0.15, 0.2) is 0 Å². The van der Waals surface area contributed by atoms with E-state index in [4.69, 9.17) is 9.47 Å². The average Bonchev–Trinajstić information content (AvgIpc) is 2.89. The molecule has 1 unspecified atom stereocenters. The number of unbranched alkanes of at least 4 members (excludes halogenated alkanes) is 1. The molecule has 2 nitrogen and oxygen atoms in total. The minimum atomic E-state index is 0.362. The highest BCUT2D eigenvalue weighted by Gasteiger charge is 2.20. The molecule has 0 fully saturated rings. The smallest absolute Gasteiger partial charge is 0.126 e. The van der Waals surface area contributed by atoms with Crippen LogP contribution in [-0.4, -0.2) is 6.61 Å². The normalized spacial score (nSPS) is 12.8. The highest BCUT2D eigenvalue weighted by atomic mass is 16.5. The van der Waals surface area contributed by atoms with Gasteiger partial charge in [-0.3, -0.25) is 0 Å². The molecule has 0 N–H and O–H groups in total. The molecule has 0 bridgehead atoms. The number of rotatable bonds is 16. The molecule has 1 atom stereocenters. The summed E-state index contributed by atoms with van der Waals surface area (Å²) in [6.07, 6.45) is 15.0. The van der Waals surface area contributed by atoms with Crippen LogP contribution in [0.3, 0.4) is 0 Å². The van der Waals surface area contributed by atoms with E-state index in [1.165, 1.54) is 44.5 Å². The van der Waals surface area contributed by atoms with Crippen LogP contribution in [0.4, 0.5) is 0 Å². The molecule has 0 spiro atoms. The lowest BCUT2D eigenvalue weighted by Gasteiger charge is -2.23. The van der Waals surface area contributed by atoms with Gasteiger partial charge in [-0.15, -0.1) is 0 Å². The summed E-state index contributed by atoms with van der Waals surface area (Å²) >= 11 is 0. The Labute approximate surface area is 240 Å². The van der Waals surface area contributed by atoms with E-state index < -0.39 is 0 Å². The van der Waals surface area contributed by atoms with E-state index in [-0.39, 0.29) is 0 Å². The first kappa shape index (κ1) is 32.5. The summed E-state index contributed by atoms with van der Waals surface area (Å²) < 4.78 is 13.0. The first-order valence-electron chi connectivity index (χ1n) is 15.0. The predicted octanol–water partition coefficient (Wildman–Crippen LogP) is 11.0. The fourth-order valence-electron chi connectivity index (χ4n) is 5.02. The Morgan fingerprint density at radius 1 is 0.795 bits per heavy atom. The molecule has 0 aliphatic rings. The van der Waals surface area contributed by atoms with Crippen molar-refractivity contribution in [3.63, 3.8) is 0 Å². The largest absolute Gasteiger partial charge is 0.492 e. The Morgan fingerprint density at radius 3 is 2.10 bits per heavy atom. The Morgan fingerprint density at radius 2 is 1.44 bits per heavy atom. The molecule has 0 radical (unpaired) electrons. The lowest BCUT2D eigenvalue weighted by molar-refractivity contribution is 0.275. The van der Waals surface area contributed by atoms with Crippen molar-refractivity contribution in [2.24, 2.45) is 5.92 Å². The second kappa shape index (κ2) is 17.1. The van der Waals surface area contributed by atoms with E-state index in [1.807, 2.05) is 6.07 Å². The number of ether oxygens (including phenoxy) is 2. The van der Waals surface area contributed by atoms with Crippen LogP contribution in [0.1, 0.15) is 108 Å². The molecule has 0 aliphatic heterocycles. The summed E-state index contributed by atoms with van der Waals surface area (Å²) in [5, 5.41) is 0. The molecule has 2 aromatic carbocycles. The highest BCUT2D eigenvalue weighted by molar-refractivity contribution is 5.58. The third kappa shape index (κ3) is 11.1. The third-order valence-electron chi connectivity index (χ3n) is 7.50. The fourth-order valence-corrected chi connectivity index (χ4v) is 5.02. The molecule has 0 amide bonds. The summed E-state index contributed by atoms with van der Waals surface area (Å²) in [5.41, 5.74) is 10.5. The summed E-state index contributed by atoms with van der Waals surface area (Å²) in [6, 6.07) is 10.4. The minimum absolute atomic E-state index is 0.362. The Kier molecular flexibility index (Phi) is 14.2. The summed E-state index contributed by atoms with van der Waals surface area (Å²) in [7, 11) is 0. The number of hydrogen-bond acceptors (Lipinski definition) is 2. The van der Waals surface area contributed by atoms with E-state index in [0.717, 1.165) is 56.4 Å². The Balaban J connectivity index is 2.07. The van der Waals surface area contributed by atoms with Gasteiger partial charge in [0, 0.05) is 11.5 Å². The maximum atomic E-state index is 6.60. The molecule has 2 heteroatoms. The molecule has 0 heterocycles. The van der Waals surface area contributed by atoms with E-state index in [1.54, 1.807) is 0 Å². The minimum Gasteiger partial charge on any atom is -0.492 e. The Bertz CT molecular complexity index is 1110. The first-order chi connectivity index (χ1) is 18.6. The van der Waals surface area contributed by atoms with Gasteiger partial charge in [-0.2, -0.15) is 0 Å². The third-order valence-corrected chi connectivity index (χ3v) is 7.50. The maximum Gasteiger partial charge on any atom is 0.126 e. The zero-order valence-electron chi connectivity index (χ0n) is 26.4. The predicted molar refractivity (Wildman–Crippen MR) is 170 cm³/mol. The monoisotopic (exact) mass is 530 g/mol. The lowest BCUT2D eigenvalue weighted by Crippen LogP contribution is -2.12. The van der Waals surface area contributed by atoms with E-state index in [0.29, 0.717) is 19.1 Å². The summed E-state index contributed by atoms with van der Waals surface area (Å²) in [5.74, 6) is 2.45. The highest BCUT2D eigenvalue weighted by Crippen LogP contribution is 2.39. The van der Waals surface area contributed by atoms with Gasteiger partial charge >= 0.3 is 0 Å². The molecule has 39 heavy (non-hydrogen) atoms. The second-order valence-electron chi connectivity index (χ2n) is 11.6. The molecule has 2 aromatic rings. The van der Waals surface area contributed by atoms with Crippen molar-refractivity contribution in [2.75, 3.05) is 6.61 Å². The first-order valence-corrected chi connectivity index (χ1v) is 15.0. The van der Waals surface area contributed by atoms with Crippen molar-refractivity contribution >= 4 is 0 Å². The van der Waals surface area contributed by atoms with Crippen molar-refractivity contribution in [3.05, 3.63) is 93.1 Å². The van der Waals surface area contributed by atoms with Crippen LogP contribution >= 0.6 is 0 Å². The topological polar surface area (TPSA) is 18.5 Å². The van der Waals surface area contributed by atoms with Crippen LogP contribution in [0.2, 0.25) is 0 Å². The van der Waals surface area contributed by atoms with Crippen molar-refractivity contribution in [3.8, 4) is 11.5 Å².